The molecule has 2 aromatic carbocycles. The number of nitriles is 1. The fraction of sp³-hybridized carbons (Fsp3) is 0.217. The lowest BCUT2D eigenvalue weighted by molar-refractivity contribution is -0.116. The van der Waals surface area contributed by atoms with Crippen LogP contribution in [-0.2, 0) is 4.79 Å². The topological polar surface area (TPSA) is 70.1 Å². The number of para-hydroxylation sites is 1. The second kappa shape index (κ2) is 7.57. The summed E-state index contributed by atoms with van der Waals surface area (Å²) >= 11 is 1.66. The van der Waals surface area contributed by atoms with E-state index in [9.17, 15) is 10.1 Å². The van der Waals surface area contributed by atoms with Crippen LogP contribution in [0.3, 0.4) is 0 Å². The van der Waals surface area contributed by atoms with E-state index in [1.54, 1.807) is 11.8 Å². The number of nitrogens with two attached hydrogens (primary N) is 1. The Balaban J connectivity index is 1.93. The van der Waals surface area contributed by atoms with Crippen molar-refractivity contribution in [3.63, 3.8) is 0 Å². The molecular formula is C23H21N3OS. The Labute approximate surface area is 169 Å². The first-order valence-corrected chi connectivity index (χ1v) is 10.5. The summed E-state index contributed by atoms with van der Waals surface area (Å²) in [5.74, 6) is 0.131. The molecule has 0 saturated carbocycles. The second-order valence-electron chi connectivity index (χ2n) is 6.92. The number of rotatable bonds is 3. The molecule has 1 atom stereocenters. The average Bonchev–Trinajstić information content (AvgIpc) is 2.74. The lowest BCUT2D eigenvalue weighted by atomic mass is 9.75. The van der Waals surface area contributed by atoms with Gasteiger partial charge in [0, 0.05) is 28.3 Å². The minimum absolute atomic E-state index is 0.112. The van der Waals surface area contributed by atoms with Gasteiger partial charge >= 0.3 is 0 Å². The molecule has 5 heteroatoms. The van der Waals surface area contributed by atoms with Gasteiger partial charge in [-0.05, 0) is 48.9 Å². The molecule has 140 valence electrons. The molecule has 28 heavy (non-hydrogen) atoms. The van der Waals surface area contributed by atoms with Crippen LogP contribution in [0.1, 0.15) is 30.7 Å². The van der Waals surface area contributed by atoms with Gasteiger partial charge in [0.1, 0.15) is 5.82 Å². The van der Waals surface area contributed by atoms with E-state index < -0.39 is 5.92 Å². The van der Waals surface area contributed by atoms with Crippen LogP contribution < -0.4 is 10.6 Å². The van der Waals surface area contributed by atoms with Crippen LogP contribution in [0.2, 0.25) is 0 Å². The smallest absolute Gasteiger partial charge is 0.161 e. The molecule has 0 amide bonds. The number of thioether (sulfide) groups is 1. The minimum Gasteiger partial charge on any atom is -0.384 e. The molecule has 0 saturated heterocycles. The Bertz CT molecular complexity index is 1020. The molecule has 1 aliphatic carbocycles. The number of ketones is 1. The van der Waals surface area contributed by atoms with Crippen LogP contribution in [0.5, 0.6) is 0 Å². The fourth-order valence-electron chi connectivity index (χ4n) is 4.09. The summed E-state index contributed by atoms with van der Waals surface area (Å²) in [7, 11) is 0. The SMILES string of the molecule is CSc1ccc([C@@H]2C(C#N)=C(N)N(c3ccccc3)C3=C2C(=O)CCC3)cc1. The van der Waals surface area contributed by atoms with Crippen LogP contribution in [0, 0.1) is 11.3 Å². The highest BCUT2D eigenvalue weighted by Gasteiger charge is 2.40. The van der Waals surface area contributed by atoms with Crippen LogP contribution >= 0.6 is 11.8 Å². The summed E-state index contributed by atoms with van der Waals surface area (Å²) < 4.78 is 0. The van der Waals surface area contributed by atoms with Gasteiger partial charge < -0.3 is 5.73 Å². The van der Waals surface area contributed by atoms with Crippen molar-refractivity contribution in [1.82, 2.24) is 0 Å². The molecule has 4 nitrogen and oxygen atoms in total. The molecular weight excluding hydrogens is 366 g/mol. The Morgan fingerprint density at radius 2 is 1.82 bits per heavy atom. The summed E-state index contributed by atoms with van der Waals surface area (Å²) in [5.41, 5.74) is 10.4. The van der Waals surface area contributed by atoms with E-state index in [-0.39, 0.29) is 5.78 Å². The number of hydrogen-bond donors (Lipinski definition) is 1. The number of anilines is 1. The lowest BCUT2D eigenvalue weighted by Crippen LogP contribution is -2.38. The van der Waals surface area contributed by atoms with Crippen molar-refractivity contribution in [3.8, 4) is 6.07 Å². The summed E-state index contributed by atoms with van der Waals surface area (Å²) in [4.78, 5) is 16.1. The van der Waals surface area contributed by atoms with E-state index in [4.69, 9.17) is 5.73 Å². The Kier molecular flexibility index (Phi) is 4.97. The predicted octanol–water partition coefficient (Wildman–Crippen LogP) is 4.71. The van der Waals surface area contributed by atoms with Crippen molar-refractivity contribution in [3.05, 3.63) is 82.8 Å². The summed E-state index contributed by atoms with van der Waals surface area (Å²) in [6, 6.07) is 20.1. The Hall–Kier alpha value is -2.97. The van der Waals surface area contributed by atoms with Crippen LogP contribution in [0.4, 0.5) is 5.69 Å². The lowest BCUT2D eigenvalue weighted by Gasteiger charge is -2.39. The van der Waals surface area contributed by atoms with E-state index in [1.807, 2.05) is 65.8 Å². The average molecular weight is 388 g/mol. The third-order valence-electron chi connectivity index (χ3n) is 5.38. The van der Waals surface area contributed by atoms with Gasteiger partial charge in [-0.15, -0.1) is 11.8 Å². The van der Waals surface area contributed by atoms with Crippen molar-refractivity contribution < 1.29 is 4.79 Å². The fourth-order valence-corrected chi connectivity index (χ4v) is 4.50. The highest BCUT2D eigenvalue weighted by molar-refractivity contribution is 7.98. The number of hydrogen-bond acceptors (Lipinski definition) is 5. The maximum absolute atomic E-state index is 13.0. The number of carbonyl (C=O) groups excluding carboxylic acids is 1. The molecule has 1 aliphatic heterocycles. The van der Waals surface area contributed by atoms with Gasteiger partial charge in [-0.25, -0.2) is 0 Å². The van der Waals surface area contributed by atoms with Crippen molar-refractivity contribution in [2.24, 2.45) is 5.73 Å². The van der Waals surface area contributed by atoms with Crippen LogP contribution in [-0.4, -0.2) is 12.0 Å². The molecule has 1 heterocycles. The second-order valence-corrected chi connectivity index (χ2v) is 7.80. The molecule has 0 bridgehead atoms. The number of allylic oxidation sites excluding steroid dienone is 3. The third-order valence-corrected chi connectivity index (χ3v) is 6.12. The van der Waals surface area contributed by atoms with Gasteiger partial charge in [0.15, 0.2) is 5.78 Å². The van der Waals surface area contributed by atoms with Gasteiger partial charge in [0.25, 0.3) is 0 Å². The zero-order chi connectivity index (χ0) is 19.7. The van der Waals surface area contributed by atoms with Gasteiger partial charge in [0.2, 0.25) is 0 Å². The first kappa shape index (κ1) is 18.4. The van der Waals surface area contributed by atoms with Gasteiger partial charge in [-0.3, -0.25) is 9.69 Å². The predicted molar refractivity (Wildman–Crippen MR) is 113 cm³/mol. The zero-order valence-corrected chi connectivity index (χ0v) is 16.5. The summed E-state index contributed by atoms with van der Waals surface area (Å²) in [5, 5.41) is 9.98. The van der Waals surface area contributed by atoms with Gasteiger partial charge in [0.05, 0.1) is 17.6 Å². The standard InChI is InChI=1S/C23H21N3OS/c1-28-17-12-10-15(11-13-17)21-18(14-24)23(25)26(16-6-3-2-4-7-16)19-8-5-9-20(27)22(19)21/h2-4,6-7,10-13,21H,5,8-9,25H2,1H3/t21-/m1/s1. The van der Waals surface area contributed by atoms with Gasteiger partial charge in [-0.2, -0.15) is 5.26 Å². The van der Waals surface area contributed by atoms with Crippen LogP contribution in [0.25, 0.3) is 0 Å². The molecule has 4 rings (SSSR count). The quantitative estimate of drug-likeness (QED) is 0.772. The number of Topliss-reactive ketones (excluding diaryl/α,β-unsaturated/α-hetero) is 1. The van der Waals surface area contributed by atoms with E-state index in [0.717, 1.165) is 40.3 Å². The van der Waals surface area contributed by atoms with E-state index >= 15 is 0 Å². The molecule has 2 aliphatic rings. The first-order valence-electron chi connectivity index (χ1n) is 9.30. The highest BCUT2D eigenvalue weighted by atomic mass is 32.2. The maximum Gasteiger partial charge on any atom is 0.161 e. The molecule has 0 radical (unpaired) electrons. The number of carbonyl (C=O) groups is 1. The maximum atomic E-state index is 13.0. The molecule has 0 unspecified atom stereocenters. The van der Waals surface area contributed by atoms with E-state index in [1.165, 1.54) is 0 Å². The summed E-state index contributed by atoms with van der Waals surface area (Å²) in [6.45, 7) is 0. The monoisotopic (exact) mass is 387 g/mol. The van der Waals surface area contributed by atoms with Crippen molar-refractivity contribution in [1.29, 1.82) is 5.26 Å². The molecule has 2 aromatic rings. The number of nitrogens with zero attached hydrogens (tertiary/aromatic N) is 2. The molecule has 0 fully saturated rings. The van der Waals surface area contributed by atoms with E-state index in [2.05, 4.69) is 6.07 Å². The normalized spacial score (nSPS) is 19.5. The number of benzene rings is 2. The first-order chi connectivity index (χ1) is 13.7. The van der Waals surface area contributed by atoms with Gasteiger partial charge in [-0.1, -0.05) is 30.3 Å². The Morgan fingerprint density at radius 1 is 1.11 bits per heavy atom. The summed E-state index contributed by atoms with van der Waals surface area (Å²) in [6.07, 6.45) is 4.11. The largest absolute Gasteiger partial charge is 0.384 e. The zero-order valence-electron chi connectivity index (χ0n) is 15.7. The molecule has 0 aromatic heterocycles. The Morgan fingerprint density at radius 3 is 2.46 bits per heavy atom. The minimum atomic E-state index is -0.399. The molecule has 0 spiro atoms. The van der Waals surface area contributed by atoms with Crippen molar-refractivity contribution >= 4 is 23.2 Å². The van der Waals surface area contributed by atoms with E-state index in [0.29, 0.717) is 17.8 Å². The molecule has 2 N–H and O–H groups in total. The van der Waals surface area contributed by atoms with Crippen molar-refractivity contribution in [2.45, 2.75) is 30.1 Å². The highest BCUT2D eigenvalue weighted by Crippen LogP contribution is 2.46. The third kappa shape index (κ3) is 3.00. The van der Waals surface area contributed by atoms with Crippen molar-refractivity contribution in [2.75, 3.05) is 11.2 Å². The van der Waals surface area contributed by atoms with Crippen LogP contribution in [0.15, 0.2) is 82.2 Å².